The molecule has 24 heavy (non-hydrogen) atoms. The molecule has 0 spiro atoms. The SMILES string of the molecule is CCOC(=O)c1sc(-c2ccccc2)nc1COc1ccccc1. The summed E-state index contributed by atoms with van der Waals surface area (Å²) in [6.07, 6.45) is 0. The summed E-state index contributed by atoms with van der Waals surface area (Å²) < 4.78 is 10.9. The van der Waals surface area contributed by atoms with Gasteiger partial charge < -0.3 is 9.47 Å². The van der Waals surface area contributed by atoms with Gasteiger partial charge in [-0.2, -0.15) is 0 Å². The topological polar surface area (TPSA) is 48.4 Å². The molecule has 0 aliphatic heterocycles. The quantitative estimate of drug-likeness (QED) is 0.618. The number of hydrogen-bond donors (Lipinski definition) is 0. The van der Waals surface area contributed by atoms with Gasteiger partial charge in [0.15, 0.2) is 0 Å². The third-order valence-electron chi connectivity index (χ3n) is 3.30. The molecule has 0 unspecified atom stereocenters. The first-order valence-electron chi connectivity index (χ1n) is 7.68. The summed E-state index contributed by atoms with van der Waals surface area (Å²) in [5.41, 5.74) is 1.57. The number of carbonyl (C=O) groups excluding carboxylic acids is 1. The molecule has 1 heterocycles. The molecule has 1 aromatic heterocycles. The molecule has 0 amide bonds. The van der Waals surface area contributed by atoms with E-state index >= 15 is 0 Å². The van der Waals surface area contributed by atoms with Gasteiger partial charge in [-0.3, -0.25) is 0 Å². The van der Waals surface area contributed by atoms with E-state index in [0.717, 1.165) is 16.3 Å². The van der Waals surface area contributed by atoms with Gasteiger partial charge in [0.25, 0.3) is 0 Å². The zero-order valence-electron chi connectivity index (χ0n) is 13.3. The molecule has 0 bridgehead atoms. The van der Waals surface area contributed by atoms with Crippen molar-refractivity contribution >= 4 is 17.3 Å². The number of rotatable bonds is 6. The highest BCUT2D eigenvalue weighted by Crippen LogP contribution is 2.29. The van der Waals surface area contributed by atoms with Crippen molar-refractivity contribution in [2.24, 2.45) is 0 Å². The van der Waals surface area contributed by atoms with Gasteiger partial charge in [-0.15, -0.1) is 11.3 Å². The molecule has 4 nitrogen and oxygen atoms in total. The van der Waals surface area contributed by atoms with Crippen LogP contribution in [-0.4, -0.2) is 17.6 Å². The number of benzene rings is 2. The summed E-state index contributed by atoms with van der Waals surface area (Å²) in [5, 5.41) is 0.783. The average molecular weight is 339 g/mol. The van der Waals surface area contributed by atoms with E-state index in [4.69, 9.17) is 9.47 Å². The van der Waals surface area contributed by atoms with Gasteiger partial charge in [-0.1, -0.05) is 48.5 Å². The Bertz CT molecular complexity index is 800. The van der Waals surface area contributed by atoms with Crippen molar-refractivity contribution in [3.63, 3.8) is 0 Å². The van der Waals surface area contributed by atoms with Crippen molar-refractivity contribution in [2.45, 2.75) is 13.5 Å². The number of hydrogen-bond acceptors (Lipinski definition) is 5. The van der Waals surface area contributed by atoms with E-state index in [0.29, 0.717) is 17.2 Å². The van der Waals surface area contributed by atoms with Gasteiger partial charge in [0.1, 0.15) is 27.9 Å². The minimum atomic E-state index is -0.358. The third-order valence-corrected chi connectivity index (χ3v) is 4.42. The Labute approximate surface area is 144 Å². The lowest BCUT2D eigenvalue weighted by molar-refractivity contribution is 0.0529. The second kappa shape index (κ2) is 7.75. The molecule has 0 N–H and O–H groups in total. The Kier molecular flexibility index (Phi) is 5.23. The third kappa shape index (κ3) is 3.81. The van der Waals surface area contributed by atoms with Crippen LogP contribution in [-0.2, 0) is 11.3 Å². The maximum absolute atomic E-state index is 12.2. The Morgan fingerprint density at radius 3 is 2.38 bits per heavy atom. The van der Waals surface area contributed by atoms with Crippen LogP contribution in [0.4, 0.5) is 0 Å². The number of nitrogens with zero attached hydrogens (tertiary/aromatic N) is 1. The standard InChI is InChI=1S/C19H17NO3S/c1-2-22-19(21)17-16(13-23-15-11-7-4-8-12-15)20-18(24-17)14-9-5-3-6-10-14/h3-12H,2,13H2,1H3. The fraction of sp³-hybridized carbons (Fsp3) is 0.158. The van der Waals surface area contributed by atoms with E-state index in [1.54, 1.807) is 6.92 Å². The van der Waals surface area contributed by atoms with Gasteiger partial charge in [-0.05, 0) is 19.1 Å². The normalized spacial score (nSPS) is 10.4. The minimum absolute atomic E-state index is 0.224. The van der Waals surface area contributed by atoms with Gasteiger partial charge in [-0.25, -0.2) is 9.78 Å². The second-order valence-corrected chi connectivity index (χ2v) is 5.98. The molecule has 0 saturated heterocycles. The van der Waals surface area contributed by atoms with Crippen molar-refractivity contribution in [1.29, 1.82) is 0 Å². The Morgan fingerprint density at radius 2 is 1.71 bits per heavy atom. The molecule has 0 saturated carbocycles. The first-order valence-corrected chi connectivity index (χ1v) is 8.49. The second-order valence-electron chi connectivity index (χ2n) is 4.98. The van der Waals surface area contributed by atoms with Crippen molar-refractivity contribution in [3.05, 3.63) is 71.2 Å². The zero-order chi connectivity index (χ0) is 16.8. The summed E-state index contributed by atoms with van der Waals surface area (Å²) >= 11 is 1.33. The number of aromatic nitrogens is 1. The molecule has 0 atom stereocenters. The van der Waals surface area contributed by atoms with Crippen molar-refractivity contribution in [2.75, 3.05) is 6.61 Å². The summed E-state index contributed by atoms with van der Waals surface area (Å²) in [6.45, 7) is 2.34. The Balaban J connectivity index is 1.87. The lowest BCUT2D eigenvalue weighted by atomic mass is 10.2. The summed E-state index contributed by atoms with van der Waals surface area (Å²) in [5.74, 6) is 0.380. The van der Waals surface area contributed by atoms with E-state index < -0.39 is 0 Å². The van der Waals surface area contributed by atoms with Crippen LogP contribution in [0.25, 0.3) is 10.6 Å². The lowest BCUT2D eigenvalue weighted by Gasteiger charge is -2.05. The molecule has 2 aromatic carbocycles. The minimum Gasteiger partial charge on any atom is -0.487 e. The predicted molar refractivity (Wildman–Crippen MR) is 94.3 cm³/mol. The highest BCUT2D eigenvalue weighted by molar-refractivity contribution is 7.17. The van der Waals surface area contributed by atoms with Crippen molar-refractivity contribution in [1.82, 2.24) is 4.98 Å². The average Bonchev–Trinajstić information content (AvgIpc) is 3.06. The lowest BCUT2D eigenvalue weighted by Crippen LogP contribution is -2.07. The van der Waals surface area contributed by atoms with E-state index in [2.05, 4.69) is 4.98 Å². The number of ether oxygens (including phenoxy) is 2. The molecule has 0 radical (unpaired) electrons. The molecule has 0 fully saturated rings. The highest BCUT2D eigenvalue weighted by Gasteiger charge is 2.20. The number of thiazole rings is 1. The molecular weight excluding hydrogens is 322 g/mol. The first-order chi connectivity index (χ1) is 11.8. The highest BCUT2D eigenvalue weighted by atomic mass is 32.1. The molecular formula is C19H17NO3S. The smallest absolute Gasteiger partial charge is 0.350 e. The van der Waals surface area contributed by atoms with Crippen LogP contribution in [0, 0.1) is 0 Å². The molecule has 0 aliphatic carbocycles. The van der Waals surface area contributed by atoms with Crippen LogP contribution in [0.2, 0.25) is 0 Å². The zero-order valence-corrected chi connectivity index (χ0v) is 14.1. The largest absolute Gasteiger partial charge is 0.487 e. The van der Waals surface area contributed by atoms with Gasteiger partial charge in [0, 0.05) is 5.56 Å². The van der Waals surface area contributed by atoms with Gasteiger partial charge >= 0.3 is 5.97 Å². The van der Waals surface area contributed by atoms with Gasteiger partial charge in [0.2, 0.25) is 0 Å². The Hall–Kier alpha value is -2.66. The fourth-order valence-electron chi connectivity index (χ4n) is 2.18. The van der Waals surface area contributed by atoms with E-state index in [1.807, 2.05) is 60.7 Å². The molecule has 5 heteroatoms. The number of carbonyl (C=O) groups is 1. The van der Waals surface area contributed by atoms with Crippen LogP contribution in [0.1, 0.15) is 22.3 Å². The van der Waals surface area contributed by atoms with Crippen molar-refractivity contribution < 1.29 is 14.3 Å². The van der Waals surface area contributed by atoms with Crippen LogP contribution >= 0.6 is 11.3 Å². The van der Waals surface area contributed by atoms with Crippen LogP contribution in [0.3, 0.4) is 0 Å². The molecule has 3 aromatic rings. The van der Waals surface area contributed by atoms with Crippen LogP contribution < -0.4 is 4.74 Å². The molecule has 3 rings (SSSR count). The maximum atomic E-state index is 12.2. The summed E-state index contributed by atoms with van der Waals surface area (Å²) in [6, 6.07) is 19.2. The number of para-hydroxylation sites is 1. The summed E-state index contributed by atoms with van der Waals surface area (Å²) in [4.78, 5) is 17.3. The Morgan fingerprint density at radius 1 is 1.04 bits per heavy atom. The monoisotopic (exact) mass is 339 g/mol. The first kappa shape index (κ1) is 16.2. The van der Waals surface area contributed by atoms with Crippen LogP contribution in [0.5, 0.6) is 5.75 Å². The number of esters is 1. The van der Waals surface area contributed by atoms with E-state index in [1.165, 1.54) is 11.3 Å². The predicted octanol–water partition coefficient (Wildman–Crippen LogP) is 4.57. The van der Waals surface area contributed by atoms with Gasteiger partial charge in [0.05, 0.1) is 6.61 Å². The van der Waals surface area contributed by atoms with E-state index in [9.17, 15) is 4.79 Å². The molecule has 0 aliphatic rings. The van der Waals surface area contributed by atoms with E-state index in [-0.39, 0.29) is 12.6 Å². The van der Waals surface area contributed by atoms with Crippen molar-refractivity contribution in [3.8, 4) is 16.3 Å². The maximum Gasteiger partial charge on any atom is 0.350 e. The summed E-state index contributed by atoms with van der Waals surface area (Å²) in [7, 11) is 0. The van der Waals surface area contributed by atoms with Crippen LogP contribution in [0.15, 0.2) is 60.7 Å². The molecule has 122 valence electrons. The fourth-order valence-corrected chi connectivity index (χ4v) is 3.15.